The van der Waals surface area contributed by atoms with Crippen LogP contribution in [0.3, 0.4) is 0 Å². The molecule has 0 saturated heterocycles. The maximum absolute atomic E-state index is 3.48. The van der Waals surface area contributed by atoms with Crippen LogP contribution in [0.5, 0.6) is 0 Å². The first kappa shape index (κ1) is 12.7. The fourth-order valence-electron chi connectivity index (χ4n) is 1.56. The van der Waals surface area contributed by atoms with Gasteiger partial charge in [0, 0.05) is 12.6 Å². The zero-order chi connectivity index (χ0) is 11.1. The molecule has 0 amide bonds. The first-order valence-electron chi connectivity index (χ1n) is 5.69. The Hall–Kier alpha value is -0.380. The Kier molecular flexibility index (Phi) is 5.91. The molecule has 2 nitrogen and oxygen atoms in total. The van der Waals surface area contributed by atoms with Gasteiger partial charge in [-0.15, -0.1) is 0 Å². The molecular formula is C12H22N2S. The van der Waals surface area contributed by atoms with Crippen LogP contribution < -0.4 is 10.6 Å². The fourth-order valence-corrected chi connectivity index (χ4v) is 2.42. The van der Waals surface area contributed by atoms with Crippen molar-refractivity contribution in [2.75, 3.05) is 13.1 Å². The van der Waals surface area contributed by atoms with Crippen LogP contribution in [0.1, 0.15) is 31.4 Å². The molecule has 2 N–H and O–H groups in total. The summed E-state index contributed by atoms with van der Waals surface area (Å²) < 4.78 is 0. The first-order chi connectivity index (χ1) is 7.24. The van der Waals surface area contributed by atoms with Crippen molar-refractivity contribution < 1.29 is 0 Å². The van der Waals surface area contributed by atoms with Crippen LogP contribution in [0.4, 0.5) is 0 Å². The van der Waals surface area contributed by atoms with Crippen molar-refractivity contribution in [3.63, 3.8) is 0 Å². The molecule has 0 aliphatic heterocycles. The summed E-state index contributed by atoms with van der Waals surface area (Å²) in [6.07, 6.45) is 1.19. The van der Waals surface area contributed by atoms with Crippen molar-refractivity contribution in [2.24, 2.45) is 0 Å². The molecule has 1 aromatic heterocycles. The van der Waals surface area contributed by atoms with E-state index in [2.05, 4.69) is 42.2 Å². The van der Waals surface area contributed by atoms with Crippen LogP contribution in [0, 0.1) is 6.92 Å². The third kappa shape index (κ3) is 4.78. The highest BCUT2D eigenvalue weighted by atomic mass is 32.1. The maximum atomic E-state index is 3.48. The zero-order valence-corrected chi connectivity index (χ0v) is 10.8. The van der Waals surface area contributed by atoms with Crippen LogP contribution in [0.15, 0.2) is 10.8 Å². The summed E-state index contributed by atoms with van der Waals surface area (Å²) in [5, 5.41) is 11.3. The van der Waals surface area contributed by atoms with E-state index in [4.69, 9.17) is 0 Å². The van der Waals surface area contributed by atoms with Gasteiger partial charge in [-0.1, -0.05) is 6.92 Å². The Morgan fingerprint density at radius 1 is 1.40 bits per heavy atom. The van der Waals surface area contributed by atoms with Gasteiger partial charge in [-0.05, 0) is 55.2 Å². The van der Waals surface area contributed by atoms with Gasteiger partial charge >= 0.3 is 0 Å². The molecule has 0 aliphatic carbocycles. The van der Waals surface area contributed by atoms with Gasteiger partial charge in [0.05, 0.1) is 0 Å². The predicted octanol–water partition coefficient (Wildman–Crippen LogP) is 2.53. The number of nitrogens with one attached hydrogen (secondary N) is 2. The monoisotopic (exact) mass is 226 g/mol. The Labute approximate surface area is 97.1 Å². The molecule has 0 fully saturated rings. The Balaban J connectivity index is 2.09. The average molecular weight is 226 g/mol. The summed E-state index contributed by atoms with van der Waals surface area (Å²) in [6, 6.07) is 0.617. The lowest BCUT2D eigenvalue weighted by atomic mass is 10.2. The summed E-state index contributed by atoms with van der Waals surface area (Å²) in [4.78, 5) is 0. The van der Waals surface area contributed by atoms with Gasteiger partial charge < -0.3 is 10.6 Å². The molecule has 1 rings (SSSR count). The second-order valence-electron chi connectivity index (χ2n) is 4.00. The Morgan fingerprint density at radius 3 is 2.80 bits per heavy atom. The van der Waals surface area contributed by atoms with Gasteiger partial charge in [-0.2, -0.15) is 11.3 Å². The minimum atomic E-state index is 0.617. The van der Waals surface area contributed by atoms with E-state index in [9.17, 15) is 0 Å². The smallest absolute Gasteiger partial charge is 0.0216 e. The molecule has 1 atom stereocenters. The number of aryl methyl sites for hydroxylation is 1. The van der Waals surface area contributed by atoms with E-state index in [-0.39, 0.29) is 0 Å². The quantitative estimate of drug-likeness (QED) is 0.698. The summed E-state index contributed by atoms with van der Waals surface area (Å²) in [6.45, 7) is 9.72. The first-order valence-corrected chi connectivity index (χ1v) is 6.64. The van der Waals surface area contributed by atoms with Gasteiger partial charge in [-0.3, -0.25) is 0 Å². The van der Waals surface area contributed by atoms with E-state index in [1.807, 2.05) is 0 Å². The molecule has 0 saturated carbocycles. The van der Waals surface area contributed by atoms with Crippen LogP contribution in [0.25, 0.3) is 0 Å². The molecule has 15 heavy (non-hydrogen) atoms. The van der Waals surface area contributed by atoms with Gasteiger partial charge in [0.2, 0.25) is 0 Å². The van der Waals surface area contributed by atoms with E-state index in [1.54, 1.807) is 11.3 Å². The van der Waals surface area contributed by atoms with E-state index in [0.717, 1.165) is 19.6 Å². The van der Waals surface area contributed by atoms with Crippen LogP contribution >= 0.6 is 11.3 Å². The number of thiophene rings is 1. The molecule has 0 aromatic carbocycles. The van der Waals surface area contributed by atoms with Gasteiger partial charge in [0.1, 0.15) is 0 Å². The lowest BCUT2D eigenvalue weighted by Gasteiger charge is -2.12. The molecule has 86 valence electrons. The van der Waals surface area contributed by atoms with E-state index in [1.165, 1.54) is 17.5 Å². The number of hydrogen-bond donors (Lipinski definition) is 2. The SMILES string of the molecule is CCNC(C)CCNCc1cscc1C. The average Bonchev–Trinajstić information content (AvgIpc) is 2.60. The highest BCUT2D eigenvalue weighted by Gasteiger charge is 2.00. The number of rotatable bonds is 7. The van der Waals surface area contributed by atoms with Crippen molar-refractivity contribution in [1.82, 2.24) is 10.6 Å². The van der Waals surface area contributed by atoms with Crippen molar-refractivity contribution in [3.05, 3.63) is 21.9 Å². The molecule has 0 radical (unpaired) electrons. The van der Waals surface area contributed by atoms with E-state index < -0.39 is 0 Å². The molecule has 1 heterocycles. The maximum Gasteiger partial charge on any atom is 0.0216 e. The Morgan fingerprint density at radius 2 is 2.20 bits per heavy atom. The van der Waals surface area contributed by atoms with Crippen molar-refractivity contribution in [3.8, 4) is 0 Å². The molecule has 1 unspecified atom stereocenters. The van der Waals surface area contributed by atoms with Gasteiger partial charge in [0.25, 0.3) is 0 Å². The summed E-state index contributed by atoms with van der Waals surface area (Å²) in [5.41, 5.74) is 2.85. The molecular weight excluding hydrogens is 204 g/mol. The van der Waals surface area contributed by atoms with Gasteiger partial charge in [0.15, 0.2) is 0 Å². The van der Waals surface area contributed by atoms with Crippen molar-refractivity contribution >= 4 is 11.3 Å². The van der Waals surface area contributed by atoms with E-state index >= 15 is 0 Å². The highest BCUT2D eigenvalue weighted by molar-refractivity contribution is 7.08. The third-order valence-corrected chi connectivity index (χ3v) is 3.49. The van der Waals surface area contributed by atoms with E-state index in [0.29, 0.717) is 6.04 Å². The summed E-state index contributed by atoms with van der Waals surface area (Å²) in [7, 11) is 0. The van der Waals surface area contributed by atoms with Crippen LogP contribution in [-0.2, 0) is 6.54 Å². The van der Waals surface area contributed by atoms with Crippen LogP contribution in [0.2, 0.25) is 0 Å². The zero-order valence-electron chi connectivity index (χ0n) is 9.97. The summed E-state index contributed by atoms with van der Waals surface area (Å²) >= 11 is 1.79. The van der Waals surface area contributed by atoms with Crippen molar-refractivity contribution in [1.29, 1.82) is 0 Å². The molecule has 3 heteroatoms. The lowest BCUT2D eigenvalue weighted by Crippen LogP contribution is -2.29. The number of hydrogen-bond acceptors (Lipinski definition) is 3. The van der Waals surface area contributed by atoms with Crippen molar-refractivity contribution in [2.45, 2.75) is 39.8 Å². The predicted molar refractivity (Wildman–Crippen MR) is 68.5 cm³/mol. The second kappa shape index (κ2) is 6.99. The molecule has 0 bridgehead atoms. The standard InChI is InChI=1S/C12H22N2S/c1-4-14-11(3)5-6-13-7-12-9-15-8-10(12)2/h8-9,11,13-14H,4-7H2,1-3H3. The topological polar surface area (TPSA) is 24.1 Å². The molecule has 0 aliphatic rings. The summed E-state index contributed by atoms with van der Waals surface area (Å²) in [5.74, 6) is 0. The fraction of sp³-hybridized carbons (Fsp3) is 0.667. The lowest BCUT2D eigenvalue weighted by molar-refractivity contribution is 0.504. The van der Waals surface area contributed by atoms with Gasteiger partial charge in [-0.25, -0.2) is 0 Å². The Bertz CT molecular complexity index is 270. The molecule has 1 aromatic rings. The van der Waals surface area contributed by atoms with Crippen LogP contribution in [-0.4, -0.2) is 19.1 Å². The minimum Gasteiger partial charge on any atom is -0.314 e. The minimum absolute atomic E-state index is 0.617. The third-order valence-electron chi connectivity index (χ3n) is 2.58. The normalized spacial score (nSPS) is 13.0. The second-order valence-corrected chi connectivity index (χ2v) is 4.75. The largest absolute Gasteiger partial charge is 0.314 e. The molecule has 0 spiro atoms. The highest BCUT2D eigenvalue weighted by Crippen LogP contribution is 2.12.